The molecular weight excluding hydrogens is 403 g/mol. The summed E-state index contributed by atoms with van der Waals surface area (Å²) in [7, 11) is 0. The summed E-state index contributed by atoms with van der Waals surface area (Å²) in [6.07, 6.45) is 0. The quantitative estimate of drug-likeness (QED) is 0.526. The summed E-state index contributed by atoms with van der Waals surface area (Å²) in [4.78, 5) is 29.0. The number of urea groups is 1. The van der Waals surface area contributed by atoms with Crippen LogP contribution in [0.15, 0.2) is 42.5 Å². The van der Waals surface area contributed by atoms with Crippen molar-refractivity contribution in [2.75, 3.05) is 16.0 Å². The lowest BCUT2D eigenvalue weighted by Crippen LogP contribution is -2.19. The Morgan fingerprint density at radius 3 is 2.36 bits per heavy atom. The fourth-order valence-electron chi connectivity index (χ4n) is 2.31. The standard InChI is InChI=1S/C19H16ClFN4O2S/c1-10-3-6-14(9-15(10)21)23-17(26)16-11(2)22-19(28-16)25-18(27)24-13-7-4-12(20)5-8-13/h3-9H,1-2H3,(H,23,26)(H2,22,24,25,27). The van der Waals surface area contributed by atoms with Crippen LogP contribution in [0.4, 0.5) is 25.7 Å². The highest BCUT2D eigenvalue weighted by atomic mass is 35.5. The number of rotatable bonds is 4. The summed E-state index contributed by atoms with van der Waals surface area (Å²) in [5, 5.41) is 8.69. The van der Waals surface area contributed by atoms with Gasteiger partial charge in [-0.1, -0.05) is 29.0 Å². The molecule has 0 radical (unpaired) electrons. The van der Waals surface area contributed by atoms with Crippen LogP contribution < -0.4 is 16.0 Å². The third-order valence-corrected chi connectivity index (χ3v) is 5.08. The summed E-state index contributed by atoms with van der Waals surface area (Å²) in [5.41, 5.74) is 1.85. The van der Waals surface area contributed by atoms with Crippen LogP contribution in [0.1, 0.15) is 20.9 Å². The van der Waals surface area contributed by atoms with Crippen LogP contribution in [0.5, 0.6) is 0 Å². The van der Waals surface area contributed by atoms with Gasteiger partial charge in [-0.3, -0.25) is 10.1 Å². The average molecular weight is 419 g/mol. The van der Waals surface area contributed by atoms with Gasteiger partial charge in [0.15, 0.2) is 5.13 Å². The van der Waals surface area contributed by atoms with Gasteiger partial charge in [-0.25, -0.2) is 14.2 Å². The van der Waals surface area contributed by atoms with E-state index < -0.39 is 17.8 Å². The molecule has 0 aliphatic heterocycles. The van der Waals surface area contributed by atoms with Crippen LogP contribution in [-0.2, 0) is 0 Å². The molecule has 3 N–H and O–H groups in total. The van der Waals surface area contributed by atoms with Gasteiger partial charge in [-0.05, 0) is 55.8 Å². The summed E-state index contributed by atoms with van der Waals surface area (Å²) in [6.45, 7) is 3.30. The zero-order valence-electron chi connectivity index (χ0n) is 15.0. The van der Waals surface area contributed by atoms with Gasteiger partial charge in [0.05, 0.1) is 5.69 Å². The van der Waals surface area contributed by atoms with Crippen molar-refractivity contribution in [1.29, 1.82) is 0 Å². The van der Waals surface area contributed by atoms with Crippen molar-refractivity contribution in [2.45, 2.75) is 13.8 Å². The summed E-state index contributed by atoms with van der Waals surface area (Å²) in [5.74, 6) is -0.829. The van der Waals surface area contributed by atoms with Crippen LogP contribution in [0, 0.1) is 19.7 Å². The predicted octanol–water partition coefficient (Wildman–Crippen LogP) is 5.45. The molecule has 0 aliphatic rings. The lowest BCUT2D eigenvalue weighted by molar-refractivity contribution is 0.102. The van der Waals surface area contributed by atoms with Gasteiger partial charge >= 0.3 is 6.03 Å². The first-order valence-corrected chi connectivity index (χ1v) is 9.40. The number of aryl methyl sites for hydroxylation is 2. The van der Waals surface area contributed by atoms with E-state index in [-0.39, 0.29) is 5.13 Å². The highest BCUT2D eigenvalue weighted by Gasteiger charge is 2.17. The number of carbonyl (C=O) groups is 2. The largest absolute Gasteiger partial charge is 0.325 e. The van der Waals surface area contributed by atoms with E-state index >= 15 is 0 Å². The summed E-state index contributed by atoms with van der Waals surface area (Å²) in [6, 6.07) is 10.6. The Kier molecular flexibility index (Phi) is 5.91. The molecule has 2 aromatic carbocycles. The number of benzene rings is 2. The molecule has 144 valence electrons. The number of nitrogens with zero attached hydrogens (tertiary/aromatic N) is 1. The third-order valence-electron chi connectivity index (χ3n) is 3.76. The Morgan fingerprint density at radius 2 is 1.68 bits per heavy atom. The Labute approximate surface area is 169 Å². The fraction of sp³-hybridized carbons (Fsp3) is 0.105. The van der Waals surface area contributed by atoms with Crippen molar-refractivity contribution in [3.8, 4) is 0 Å². The van der Waals surface area contributed by atoms with E-state index in [9.17, 15) is 14.0 Å². The van der Waals surface area contributed by atoms with Crippen LogP contribution >= 0.6 is 22.9 Å². The number of carbonyl (C=O) groups excluding carboxylic acids is 2. The zero-order valence-corrected chi connectivity index (χ0v) is 16.5. The van der Waals surface area contributed by atoms with E-state index in [4.69, 9.17) is 11.6 Å². The number of thiazole rings is 1. The summed E-state index contributed by atoms with van der Waals surface area (Å²) < 4.78 is 13.6. The molecule has 9 heteroatoms. The second-order valence-corrected chi connectivity index (χ2v) is 7.37. The molecule has 3 amide bonds. The number of halogens is 2. The SMILES string of the molecule is Cc1ccc(NC(=O)c2sc(NC(=O)Nc3ccc(Cl)cc3)nc2C)cc1F. The van der Waals surface area contributed by atoms with E-state index in [2.05, 4.69) is 20.9 Å². The van der Waals surface area contributed by atoms with E-state index in [0.717, 1.165) is 11.3 Å². The van der Waals surface area contributed by atoms with E-state index in [0.29, 0.717) is 32.5 Å². The first kappa shape index (κ1) is 19.8. The van der Waals surface area contributed by atoms with Crippen molar-refractivity contribution >= 4 is 51.4 Å². The van der Waals surface area contributed by atoms with E-state index in [1.807, 2.05) is 0 Å². The maximum atomic E-state index is 13.6. The maximum absolute atomic E-state index is 13.6. The molecular formula is C19H16ClFN4O2S. The normalized spacial score (nSPS) is 10.4. The maximum Gasteiger partial charge on any atom is 0.325 e. The number of hydrogen-bond donors (Lipinski definition) is 3. The van der Waals surface area contributed by atoms with Crippen molar-refractivity contribution in [1.82, 2.24) is 4.98 Å². The van der Waals surface area contributed by atoms with E-state index in [1.54, 1.807) is 50.2 Å². The van der Waals surface area contributed by atoms with Gasteiger partial charge in [0.25, 0.3) is 5.91 Å². The first-order valence-electron chi connectivity index (χ1n) is 8.20. The van der Waals surface area contributed by atoms with Gasteiger partial charge in [0.1, 0.15) is 10.7 Å². The molecule has 0 fully saturated rings. The number of amides is 3. The number of hydrogen-bond acceptors (Lipinski definition) is 4. The van der Waals surface area contributed by atoms with Crippen molar-refractivity contribution in [3.63, 3.8) is 0 Å². The molecule has 3 aromatic rings. The molecule has 1 heterocycles. The van der Waals surface area contributed by atoms with Crippen LogP contribution in [0.25, 0.3) is 0 Å². The van der Waals surface area contributed by atoms with Crippen molar-refractivity contribution < 1.29 is 14.0 Å². The highest BCUT2D eigenvalue weighted by Crippen LogP contribution is 2.24. The molecule has 0 aliphatic carbocycles. The smallest absolute Gasteiger partial charge is 0.321 e. The Balaban J connectivity index is 1.66. The minimum Gasteiger partial charge on any atom is -0.321 e. The minimum atomic E-state index is -0.497. The Hall–Kier alpha value is -2.97. The molecule has 0 bridgehead atoms. The monoisotopic (exact) mass is 418 g/mol. The lowest BCUT2D eigenvalue weighted by atomic mass is 10.2. The second-order valence-electron chi connectivity index (χ2n) is 5.94. The summed E-state index contributed by atoms with van der Waals surface area (Å²) >= 11 is 6.83. The third kappa shape index (κ3) is 4.85. The topological polar surface area (TPSA) is 83.1 Å². The molecule has 0 saturated carbocycles. The van der Waals surface area contributed by atoms with Crippen molar-refractivity contribution in [2.24, 2.45) is 0 Å². The van der Waals surface area contributed by atoms with Crippen LogP contribution in [0.2, 0.25) is 5.02 Å². The molecule has 0 saturated heterocycles. The number of anilines is 3. The molecule has 3 rings (SSSR count). The molecule has 0 atom stereocenters. The Morgan fingerprint density at radius 1 is 1.00 bits per heavy atom. The molecule has 0 unspecified atom stereocenters. The van der Waals surface area contributed by atoms with Gasteiger partial charge < -0.3 is 10.6 Å². The number of nitrogens with one attached hydrogen (secondary N) is 3. The Bertz CT molecular complexity index is 1040. The second kappa shape index (κ2) is 8.37. The predicted molar refractivity (Wildman–Crippen MR) is 110 cm³/mol. The molecule has 28 heavy (non-hydrogen) atoms. The van der Waals surface area contributed by atoms with Crippen molar-refractivity contribution in [3.05, 3.63) is 69.4 Å². The highest BCUT2D eigenvalue weighted by molar-refractivity contribution is 7.17. The minimum absolute atomic E-state index is 0.268. The lowest BCUT2D eigenvalue weighted by Gasteiger charge is -2.05. The van der Waals surface area contributed by atoms with Gasteiger partial charge in [-0.2, -0.15) is 0 Å². The zero-order chi connectivity index (χ0) is 20.3. The molecule has 1 aromatic heterocycles. The van der Waals surface area contributed by atoms with Crippen LogP contribution in [-0.4, -0.2) is 16.9 Å². The fourth-order valence-corrected chi connectivity index (χ4v) is 3.29. The van der Waals surface area contributed by atoms with Gasteiger partial charge in [-0.15, -0.1) is 0 Å². The number of aromatic nitrogens is 1. The molecule has 0 spiro atoms. The van der Waals surface area contributed by atoms with Gasteiger partial charge in [0, 0.05) is 16.4 Å². The van der Waals surface area contributed by atoms with Gasteiger partial charge in [0.2, 0.25) is 0 Å². The van der Waals surface area contributed by atoms with E-state index in [1.165, 1.54) is 6.07 Å². The molecule has 6 nitrogen and oxygen atoms in total. The first-order chi connectivity index (χ1) is 13.3. The van der Waals surface area contributed by atoms with Crippen LogP contribution in [0.3, 0.4) is 0 Å². The average Bonchev–Trinajstić information content (AvgIpc) is 3.00.